The van der Waals surface area contributed by atoms with Gasteiger partial charge in [0.1, 0.15) is 12.4 Å². The first-order valence-corrected chi connectivity index (χ1v) is 10.4. The lowest BCUT2D eigenvalue weighted by Gasteiger charge is -2.25. The Morgan fingerprint density at radius 2 is 1.91 bits per heavy atom. The van der Waals surface area contributed by atoms with Crippen LogP contribution in [0.15, 0.2) is 48.7 Å². The molecule has 0 radical (unpaired) electrons. The van der Waals surface area contributed by atoms with Crippen LogP contribution in [-0.4, -0.2) is 23.3 Å². The molecule has 0 saturated heterocycles. The van der Waals surface area contributed by atoms with Crippen LogP contribution >= 0.6 is 0 Å². The summed E-state index contributed by atoms with van der Waals surface area (Å²) in [5, 5.41) is 12.1. The zero-order valence-corrected chi connectivity index (χ0v) is 18.3. The van der Waals surface area contributed by atoms with E-state index in [4.69, 9.17) is 0 Å². The SMILES string of the molecule is Cc1cc2c(cc1C#N)-c1cc(F)cnc1C(C)C(=O)N2CC(=O)Nc1ccc(C(F)F)cc1. The third-order valence-corrected chi connectivity index (χ3v) is 5.72. The molecule has 1 aliphatic heterocycles. The van der Waals surface area contributed by atoms with Crippen LogP contribution in [0.3, 0.4) is 0 Å². The van der Waals surface area contributed by atoms with Gasteiger partial charge in [0, 0.05) is 22.4 Å². The minimum Gasteiger partial charge on any atom is -0.325 e. The molecular weight excluding hydrogens is 445 g/mol. The molecule has 9 heteroatoms. The fourth-order valence-electron chi connectivity index (χ4n) is 3.95. The number of carbonyl (C=O) groups excluding carboxylic acids is 2. The number of amides is 2. The smallest absolute Gasteiger partial charge is 0.263 e. The highest BCUT2D eigenvalue weighted by atomic mass is 19.3. The molecule has 0 fully saturated rings. The Kier molecular flexibility index (Phi) is 6.07. The van der Waals surface area contributed by atoms with Crippen molar-refractivity contribution in [2.24, 2.45) is 0 Å². The van der Waals surface area contributed by atoms with Gasteiger partial charge in [0.05, 0.1) is 35.1 Å². The second-order valence-electron chi connectivity index (χ2n) is 8.00. The number of carbonyl (C=O) groups is 2. The summed E-state index contributed by atoms with van der Waals surface area (Å²) in [6.45, 7) is 2.93. The Hall–Kier alpha value is -4.19. The van der Waals surface area contributed by atoms with Crippen molar-refractivity contribution in [3.63, 3.8) is 0 Å². The lowest BCUT2D eigenvalue weighted by Crippen LogP contribution is -2.40. The van der Waals surface area contributed by atoms with E-state index < -0.39 is 30.0 Å². The summed E-state index contributed by atoms with van der Waals surface area (Å²) < 4.78 is 39.6. The van der Waals surface area contributed by atoms with Gasteiger partial charge in [-0.15, -0.1) is 0 Å². The first-order chi connectivity index (χ1) is 16.2. The summed E-state index contributed by atoms with van der Waals surface area (Å²) in [6, 6.07) is 11.6. The number of nitriles is 1. The highest BCUT2D eigenvalue weighted by molar-refractivity contribution is 6.09. The standard InChI is InChI=1S/C25H19F3N4O2/c1-13-7-21-19(8-16(13)10-29)20-9-17(26)11-30-23(20)14(2)25(34)32(21)12-22(33)31-18-5-3-15(4-6-18)24(27)28/h3-9,11,14,24H,12H2,1-2H3,(H,31,33). The highest BCUT2D eigenvalue weighted by Gasteiger charge is 2.34. The minimum absolute atomic E-state index is 0.176. The van der Waals surface area contributed by atoms with Crippen molar-refractivity contribution in [1.29, 1.82) is 5.26 Å². The van der Waals surface area contributed by atoms with Gasteiger partial charge in [0.25, 0.3) is 6.43 Å². The van der Waals surface area contributed by atoms with E-state index in [0.717, 1.165) is 6.20 Å². The summed E-state index contributed by atoms with van der Waals surface area (Å²) in [5.74, 6) is -2.36. The van der Waals surface area contributed by atoms with Crippen molar-refractivity contribution >= 4 is 23.2 Å². The van der Waals surface area contributed by atoms with Crippen LogP contribution in [0.4, 0.5) is 24.5 Å². The van der Waals surface area contributed by atoms with Gasteiger partial charge >= 0.3 is 0 Å². The molecule has 1 unspecified atom stereocenters. The number of nitrogens with zero attached hydrogens (tertiary/aromatic N) is 3. The third kappa shape index (κ3) is 4.22. The van der Waals surface area contributed by atoms with E-state index in [2.05, 4.69) is 16.4 Å². The number of aryl methyl sites for hydroxylation is 1. The van der Waals surface area contributed by atoms with E-state index in [9.17, 15) is 28.0 Å². The van der Waals surface area contributed by atoms with Crippen LogP contribution in [0.1, 0.15) is 41.7 Å². The normalized spacial score (nSPS) is 14.8. The Balaban J connectivity index is 1.73. The van der Waals surface area contributed by atoms with Gasteiger partial charge in [-0.3, -0.25) is 14.6 Å². The molecule has 1 aromatic heterocycles. The highest BCUT2D eigenvalue weighted by Crippen LogP contribution is 2.41. The maximum absolute atomic E-state index is 14.1. The van der Waals surface area contributed by atoms with Crippen LogP contribution in [0.25, 0.3) is 11.1 Å². The number of halogens is 3. The van der Waals surface area contributed by atoms with Crippen molar-refractivity contribution in [1.82, 2.24) is 4.98 Å². The average molecular weight is 464 g/mol. The zero-order valence-electron chi connectivity index (χ0n) is 18.3. The lowest BCUT2D eigenvalue weighted by atomic mass is 9.95. The van der Waals surface area contributed by atoms with Gasteiger partial charge in [-0.1, -0.05) is 12.1 Å². The molecule has 172 valence electrons. The summed E-state index contributed by atoms with van der Waals surface area (Å²) >= 11 is 0. The number of aromatic nitrogens is 1. The van der Waals surface area contributed by atoms with Crippen LogP contribution in [0.5, 0.6) is 0 Å². The fourth-order valence-corrected chi connectivity index (χ4v) is 3.95. The molecule has 0 aliphatic carbocycles. The lowest BCUT2D eigenvalue weighted by molar-refractivity contribution is -0.122. The molecule has 0 bridgehead atoms. The van der Waals surface area contributed by atoms with Crippen LogP contribution < -0.4 is 10.2 Å². The van der Waals surface area contributed by atoms with Crippen molar-refractivity contribution in [3.8, 4) is 17.2 Å². The molecule has 4 rings (SSSR count). The first-order valence-electron chi connectivity index (χ1n) is 10.4. The number of rotatable bonds is 4. The number of anilines is 2. The molecule has 1 atom stereocenters. The van der Waals surface area contributed by atoms with Gasteiger partial charge in [-0.05, 0) is 49.7 Å². The first kappa shape index (κ1) is 23.0. The number of benzene rings is 2. The van der Waals surface area contributed by atoms with E-state index in [1.54, 1.807) is 26.0 Å². The second-order valence-corrected chi connectivity index (χ2v) is 8.00. The monoisotopic (exact) mass is 464 g/mol. The summed E-state index contributed by atoms with van der Waals surface area (Å²) in [4.78, 5) is 31.6. The van der Waals surface area contributed by atoms with Crippen molar-refractivity contribution in [3.05, 3.63) is 76.9 Å². The van der Waals surface area contributed by atoms with Crippen LogP contribution in [0.2, 0.25) is 0 Å². The van der Waals surface area contributed by atoms with Crippen molar-refractivity contribution in [2.45, 2.75) is 26.2 Å². The molecule has 1 N–H and O–H groups in total. The molecule has 2 aromatic carbocycles. The molecule has 0 saturated carbocycles. The predicted molar refractivity (Wildman–Crippen MR) is 120 cm³/mol. The summed E-state index contributed by atoms with van der Waals surface area (Å²) in [7, 11) is 0. The maximum atomic E-state index is 14.1. The number of alkyl halides is 2. The van der Waals surface area contributed by atoms with Gasteiger partial charge in [-0.2, -0.15) is 5.26 Å². The molecular formula is C25H19F3N4O2. The molecule has 6 nitrogen and oxygen atoms in total. The Morgan fingerprint density at radius 3 is 2.56 bits per heavy atom. The summed E-state index contributed by atoms with van der Waals surface area (Å²) in [5.41, 5.74) is 2.53. The number of fused-ring (bicyclic) bond motifs is 3. The Labute approximate surface area is 193 Å². The van der Waals surface area contributed by atoms with Gasteiger partial charge in [0.2, 0.25) is 11.8 Å². The van der Waals surface area contributed by atoms with E-state index in [-0.39, 0.29) is 12.1 Å². The van der Waals surface area contributed by atoms with Crippen molar-refractivity contribution in [2.75, 3.05) is 16.8 Å². The molecule has 34 heavy (non-hydrogen) atoms. The number of hydrogen-bond donors (Lipinski definition) is 1. The molecule has 2 amide bonds. The Bertz CT molecular complexity index is 1330. The van der Waals surface area contributed by atoms with E-state index in [0.29, 0.717) is 39.3 Å². The predicted octanol–water partition coefficient (Wildman–Crippen LogP) is 5.09. The molecule has 1 aliphatic rings. The average Bonchev–Trinajstić information content (AvgIpc) is 2.88. The minimum atomic E-state index is -2.63. The van der Waals surface area contributed by atoms with E-state index in [1.165, 1.54) is 35.2 Å². The van der Waals surface area contributed by atoms with E-state index >= 15 is 0 Å². The van der Waals surface area contributed by atoms with Gasteiger partial charge in [0.15, 0.2) is 0 Å². The quantitative estimate of drug-likeness (QED) is 0.583. The van der Waals surface area contributed by atoms with Gasteiger partial charge in [-0.25, -0.2) is 13.2 Å². The number of hydrogen-bond acceptors (Lipinski definition) is 4. The number of nitrogens with one attached hydrogen (secondary N) is 1. The third-order valence-electron chi connectivity index (χ3n) is 5.72. The Morgan fingerprint density at radius 1 is 1.21 bits per heavy atom. The largest absolute Gasteiger partial charge is 0.325 e. The van der Waals surface area contributed by atoms with Crippen LogP contribution in [0, 0.1) is 24.1 Å². The van der Waals surface area contributed by atoms with Crippen LogP contribution in [-0.2, 0) is 9.59 Å². The second kappa shape index (κ2) is 8.98. The van der Waals surface area contributed by atoms with Gasteiger partial charge < -0.3 is 10.2 Å². The summed E-state index contributed by atoms with van der Waals surface area (Å²) in [6.07, 6.45) is -1.60. The van der Waals surface area contributed by atoms with E-state index in [1.807, 2.05) is 0 Å². The molecule has 3 aromatic rings. The molecule has 2 heterocycles. The number of pyridine rings is 1. The van der Waals surface area contributed by atoms with Crippen molar-refractivity contribution < 1.29 is 22.8 Å². The maximum Gasteiger partial charge on any atom is 0.263 e. The molecule has 0 spiro atoms. The fraction of sp³-hybridized carbons (Fsp3) is 0.200. The topological polar surface area (TPSA) is 86.1 Å². The zero-order chi connectivity index (χ0) is 24.6.